The number of halogens is 1. The Morgan fingerprint density at radius 3 is 2.19 bits per heavy atom. The SMILES string of the molecule is CC[C@H](N)C(=O)N[C@H](C(=O)N1CCC[C@H]1C(=O)N[C@@H](Cc1ccccc1)c1ccccc1)C(C)C.Cl. The first-order chi connectivity index (χ1) is 16.8. The summed E-state index contributed by atoms with van der Waals surface area (Å²) in [6.07, 6.45) is 2.47. The fourth-order valence-corrected chi connectivity index (χ4v) is 4.50. The predicted molar refractivity (Wildman–Crippen MR) is 144 cm³/mol. The van der Waals surface area contributed by atoms with E-state index in [-0.39, 0.29) is 42.1 Å². The Balaban J connectivity index is 0.00000456. The number of carbonyl (C=O) groups is 3. The molecule has 7 nitrogen and oxygen atoms in total. The Morgan fingerprint density at radius 2 is 1.61 bits per heavy atom. The van der Waals surface area contributed by atoms with Crippen LogP contribution in [0, 0.1) is 5.92 Å². The lowest BCUT2D eigenvalue weighted by atomic mass is 9.98. The lowest BCUT2D eigenvalue weighted by Crippen LogP contribution is -2.57. The average Bonchev–Trinajstić information content (AvgIpc) is 3.37. The first-order valence-corrected chi connectivity index (χ1v) is 12.6. The van der Waals surface area contributed by atoms with E-state index in [4.69, 9.17) is 5.73 Å². The number of amides is 3. The van der Waals surface area contributed by atoms with Gasteiger partial charge in [-0.1, -0.05) is 81.4 Å². The number of nitrogens with one attached hydrogen (secondary N) is 2. The Morgan fingerprint density at radius 1 is 1.00 bits per heavy atom. The summed E-state index contributed by atoms with van der Waals surface area (Å²) in [5.41, 5.74) is 8.00. The van der Waals surface area contributed by atoms with Gasteiger partial charge < -0.3 is 21.3 Å². The zero-order chi connectivity index (χ0) is 25.4. The normalized spacial score (nSPS) is 17.6. The minimum absolute atomic E-state index is 0. The maximum Gasteiger partial charge on any atom is 0.246 e. The van der Waals surface area contributed by atoms with Crippen LogP contribution in [-0.2, 0) is 20.8 Å². The number of hydrogen-bond donors (Lipinski definition) is 3. The first kappa shape index (κ1) is 29.3. The number of likely N-dealkylation sites (tertiary alicyclic amines) is 1. The summed E-state index contributed by atoms with van der Waals surface area (Å²) in [4.78, 5) is 41.0. The molecule has 1 fully saturated rings. The van der Waals surface area contributed by atoms with Crippen molar-refractivity contribution in [2.45, 2.75) is 70.6 Å². The van der Waals surface area contributed by atoms with Crippen molar-refractivity contribution in [2.24, 2.45) is 11.7 Å². The second-order valence-electron chi connectivity index (χ2n) is 9.60. The van der Waals surface area contributed by atoms with Gasteiger partial charge in [-0.05, 0) is 42.7 Å². The third-order valence-corrected chi connectivity index (χ3v) is 6.65. The van der Waals surface area contributed by atoms with E-state index in [1.54, 1.807) is 4.90 Å². The van der Waals surface area contributed by atoms with Crippen LogP contribution in [0.2, 0.25) is 0 Å². The van der Waals surface area contributed by atoms with E-state index in [2.05, 4.69) is 10.6 Å². The molecule has 3 rings (SSSR count). The molecule has 36 heavy (non-hydrogen) atoms. The van der Waals surface area contributed by atoms with E-state index >= 15 is 0 Å². The number of nitrogens with zero attached hydrogens (tertiary/aromatic N) is 1. The molecule has 1 aliphatic heterocycles. The molecule has 0 bridgehead atoms. The van der Waals surface area contributed by atoms with Crippen LogP contribution in [0.4, 0.5) is 0 Å². The molecule has 1 saturated heterocycles. The number of hydrogen-bond acceptors (Lipinski definition) is 4. The minimum atomic E-state index is -0.720. The van der Waals surface area contributed by atoms with Crippen molar-refractivity contribution in [1.82, 2.24) is 15.5 Å². The van der Waals surface area contributed by atoms with E-state index in [1.807, 2.05) is 81.4 Å². The van der Waals surface area contributed by atoms with Gasteiger partial charge in [0.1, 0.15) is 12.1 Å². The van der Waals surface area contributed by atoms with Gasteiger partial charge in [-0.25, -0.2) is 0 Å². The smallest absolute Gasteiger partial charge is 0.246 e. The van der Waals surface area contributed by atoms with Gasteiger partial charge in [0.15, 0.2) is 0 Å². The lowest BCUT2D eigenvalue weighted by molar-refractivity contribution is -0.142. The fourth-order valence-electron chi connectivity index (χ4n) is 4.50. The summed E-state index contributed by atoms with van der Waals surface area (Å²) in [6, 6.07) is 17.8. The molecule has 8 heteroatoms. The van der Waals surface area contributed by atoms with Crippen molar-refractivity contribution >= 4 is 30.1 Å². The number of benzene rings is 2. The molecule has 1 aliphatic rings. The van der Waals surface area contributed by atoms with Crippen LogP contribution in [0.3, 0.4) is 0 Å². The number of rotatable bonds is 10. The van der Waals surface area contributed by atoms with Crippen molar-refractivity contribution < 1.29 is 14.4 Å². The van der Waals surface area contributed by atoms with Crippen molar-refractivity contribution in [3.8, 4) is 0 Å². The third-order valence-electron chi connectivity index (χ3n) is 6.65. The molecule has 3 amide bonds. The molecule has 196 valence electrons. The van der Waals surface area contributed by atoms with Crippen molar-refractivity contribution in [3.05, 3.63) is 71.8 Å². The van der Waals surface area contributed by atoms with E-state index in [0.717, 1.165) is 17.5 Å². The summed E-state index contributed by atoms with van der Waals surface area (Å²) < 4.78 is 0. The van der Waals surface area contributed by atoms with Crippen LogP contribution < -0.4 is 16.4 Å². The zero-order valence-electron chi connectivity index (χ0n) is 21.4. The standard InChI is InChI=1S/C28H38N4O3.ClH/c1-4-22(29)26(33)31-25(19(2)3)28(35)32-17-11-16-24(32)27(34)30-23(21-14-9-6-10-15-21)18-20-12-7-5-8-13-20;/h5-10,12-15,19,22-25H,4,11,16-18,29H2,1-3H3,(H,30,34)(H,31,33);1H/t22-,23-,24-,25-;/m0./s1. The van der Waals surface area contributed by atoms with E-state index < -0.39 is 18.1 Å². The maximum absolute atomic E-state index is 13.5. The van der Waals surface area contributed by atoms with Crippen LogP contribution in [0.5, 0.6) is 0 Å². The fraction of sp³-hybridized carbons (Fsp3) is 0.464. The largest absolute Gasteiger partial charge is 0.347 e. The quantitative estimate of drug-likeness (QED) is 0.452. The summed E-state index contributed by atoms with van der Waals surface area (Å²) in [6.45, 7) is 6.09. The van der Waals surface area contributed by atoms with Crippen molar-refractivity contribution in [1.29, 1.82) is 0 Å². The van der Waals surface area contributed by atoms with Gasteiger partial charge in [-0.3, -0.25) is 14.4 Å². The van der Waals surface area contributed by atoms with Gasteiger partial charge in [0, 0.05) is 6.54 Å². The Kier molecular flexibility index (Phi) is 11.4. The van der Waals surface area contributed by atoms with Gasteiger partial charge in [-0.15, -0.1) is 12.4 Å². The molecule has 4 atom stereocenters. The highest BCUT2D eigenvalue weighted by atomic mass is 35.5. The molecular formula is C28H39ClN4O3. The highest BCUT2D eigenvalue weighted by molar-refractivity contribution is 5.93. The average molecular weight is 515 g/mol. The van der Waals surface area contributed by atoms with Gasteiger partial charge in [-0.2, -0.15) is 0 Å². The van der Waals surface area contributed by atoms with Gasteiger partial charge in [0.25, 0.3) is 0 Å². The Labute approximate surface area is 220 Å². The molecule has 0 unspecified atom stereocenters. The summed E-state index contributed by atoms with van der Waals surface area (Å²) in [7, 11) is 0. The second kappa shape index (κ2) is 14.0. The summed E-state index contributed by atoms with van der Waals surface area (Å²) in [5, 5.41) is 6.02. The van der Waals surface area contributed by atoms with Crippen LogP contribution in [0.25, 0.3) is 0 Å². The predicted octanol–water partition coefficient (Wildman–Crippen LogP) is 3.38. The van der Waals surface area contributed by atoms with E-state index in [0.29, 0.717) is 25.8 Å². The van der Waals surface area contributed by atoms with Crippen molar-refractivity contribution in [2.75, 3.05) is 6.54 Å². The maximum atomic E-state index is 13.5. The molecule has 2 aromatic carbocycles. The number of nitrogens with two attached hydrogens (primary N) is 1. The van der Waals surface area contributed by atoms with Crippen LogP contribution >= 0.6 is 12.4 Å². The molecule has 4 N–H and O–H groups in total. The zero-order valence-corrected chi connectivity index (χ0v) is 22.2. The Bertz CT molecular complexity index is 987. The molecule has 0 spiro atoms. The van der Waals surface area contributed by atoms with Crippen LogP contribution in [-0.4, -0.2) is 47.3 Å². The molecule has 1 heterocycles. The Hall–Kier alpha value is -2.90. The highest BCUT2D eigenvalue weighted by Crippen LogP contribution is 2.24. The molecule has 0 aromatic heterocycles. The molecular weight excluding hydrogens is 476 g/mol. The third kappa shape index (κ3) is 7.55. The first-order valence-electron chi connectivity index (χ1n) is 12.6. The highest BCUT2D eigenvalue weighted by Gasteiger charge is 2.39. The molecule has 0 saturated carbocycles. The van der Waals surface area contributed by atoms with Crippen LogP contribution in [0.15, 0.2) is 60.7 Å². The lowest BCUT2D eigenvalue weighted by Gasteiger charge is -2.32. The van der Waals surface area contributed by atoms with Crippen molar-refractivity contribution in [3.63, 3.8) is 0 Å². The molecule has 2 aromatic rings. The van der Waals surface area contributed by atoms with Gasteiger partial charge >= 0.3 is 0 Å². The molecule has 0 aliphatic carbocycles. The molecule has 0 radical (unpaired) electrons. The monoisotopic (exact) mass is 514 g/mol. The number of carbonyl (C=O) groups excluding carboxylic acids is 3. The second-order valence-corrected chi connectivity index (χ2v) is 9.60. The van der Waals surface area contributed by atoms with Gasteiger partial charge in [0.05, 0.1) is 12.1 Å². The van der Waals surface area contributed by atoms with Gasteiger partial charge in [0.2, 0.25) is 17.7 Å². The van der Waals surface area contributed by atoms with Crippen LogP contribution in [0.1, 0.15) is 57.2 Å². The summed E-state index contributed by atoms with van der Waals surface area (Å²) >= 11 is 0. The van der Waals surface area contributed by atoms with E-state index in [9.17, 15) is 14.4 Å². The minimum Gasteiger partial charge on any atom is -0.347 e. The summed E-state index contributed by atoms with van der Waals surface area (Å²) in [5.74, 6) is -0.866. The van der Waals surface area contributed by atoms with E-state index in [1.165, 1.54) is 0 Å². The topological polar surface area (TPSA) is 105 Å².